The Balaban J connectivity index is 2.18. The number of hydrogen-bond donors (Lipinski definition) is 1. The monoisotopic (exact) mass is 274 g/mol. The van der Waals surface area contributed by atoms with Crippen LogP contribution in [0, 0.1) is 13.8 Å². The Bertz CT molecular complexity index is 519. The van der Waals surface area contributed by atoms with Crippen molar-refractivity contribution in [3.8, 4) is 0 Å². The Kier molecular flexibility index (Phi) is 5.11. The van der Waals surface area contributed by atoms with Crippen LogP contribution in [-0.4, -0.2) is 11.5 Å². The van der Waals surface area contributed by atoms with E-state index in [1.165, 1.54) is 16.1 Å². The fourth-order valence-corrected chi connectivity index (χ4v) is 3.08. The van der Waals surface area contributed by atoms with Crippen molar-refractivity contribution < 1.29 is 0 Å². The summed E-state index contributed by atoms with van der Waals surface area (Å²) in [6.07, 6.45) is 2.13. The van der Waals surface area contributed by atoms with Gasteiger partial charge in [0.25, 0.3) is 0 Å². The molecule has 1 unspecified atom stereocenters. The lowest BCUT2D eigenvalue weighted by Gasteiger charge is -2.20. The zero-order valence-electron chi connectivity index (χ0n) is 11.9. The predicted octanol–water partition coefficient (Wildman–Crippen LogP) is 4.04. The van der Waals surface area contributed by atoms with Crippen molar-refractivity contribution >= 4 is 11.3 Å². The first kappa shape index (κ1) is 14.2. The van der Waals surface area contributed by atoms with Gasteiger partial charge in [0.1, 0.15) is 0 Å². The van der Waals surface area contributed by atoms with Crippen LogP contribution >= 0.6 is 11.3 Å². The van der Waals surface area contributed by atoms with E-state index in [-0.39, 0.29) is 0 Å². The maximum absolute atomic E-state index is 4.59. The van der Waals surface area contributed by atoms with Crippen LogP contribution < -0.4 is 5.32 Å². The van der Waals surface area contributed by atoms with Crippen LogP contribution in [0.25, 0.3) is 0 Å². The molecule has 19 heavy (non-hydrogen) atoms. The molecule has 0 saturated carbocycles. The first-order valence-electron chi connectivity index (χ1n) is 6.90. The fraction of sp³-hybridized carbons (Fsp3) is 0.438. The molecule has 1 atom stereocenters. The molecular formula is C16H22N2S. The lowest BCUT2D eigenvalue weighted by atomic mass is 9.99. The zero-order valence-corrected chi connectivity index (χ0v) is 12.8. The molecule has 0 radical (unpaired) electrons. The van der Waals surface area contributed by atoms with E-state index in [4.69, 9.17) is 0 Å². The normalized spacial score (nSPS) is 12.6. The van der Waals surface area contributed by atoms with Crippen LogP contribution in [0.1, 0.15) is 41.2 Å². The minimum absolute atomic E-state index is 0.367. The lowest BCUT2D eigenvalue weighted by Crippen LogP contribution is -2.24. The maximum atomic E-state index is 4.59. The van der Waals surface area contributed by atoms with Gasteiger partial charge in [0, 0.05) is 23.5 Å². The zero-order chi connectivity index (χ0) is 13.7. The molecule has 1 heterocycles. The minimum atomic E-state index is 0.367. The molecule has 0 amide bonds. The van der Waals surface area contributed by atoms with Crippen molar-refractivity contribution in [2.45, 2.75) is 39.7 Å². The van der Waals surface area contributed by atoms with Crippen LogP contribution in [0.5, 0.6) is 0 Å². The van der Waals surface area contributed by atoms with Gasteiger partial charge in [-0.25, -0.2) is 4.98 Å². The van der Waals surface area contributed by atoms with Gasteiger partial charge >= 0.3 is 0 Å². The third kappa shape index (κ3) is 3.88. The van der Waals surface area contributed by atoms with E-state index < -0.39 is 0 Å². The standard InChI is InChI=1S/C16H22N2S/c1-4-9-17-15(10-16-18-13(3)11-19-16)14-8-6-5-7-12(14)2/h5-8,11,15,17H,4,9-10H2,1-3H3. The van der Waals surface area contributed by atoms with E-state index in [0.29, 0.717) is 6.04 Å². The van der Waals surface area contributed by atoms with Crippen molar-refractivity contribution in [3.05, 3.63) is 51.5 Å². The quantitative estimate of drug-likeness (QED) is 0.860. The van der Waals surface area contributed by atoms with Crippen molar-refractivity contribution in [2.75, 3.05) is 6.54 Å². The number of benzene rings is 1. The first-order chi connectivity index (χ1) is 9.20. The average Bonchev–Trinajstić information content (AvgIpc) is 2.81. The van der Waals surface area contributed by atoms with Crippen molar-refractivity contribution in [1.82, 2.24) is 10.3 Å². The van der Waals surface area contributed by atoms with Crippen molar-refractivity contribution in [2.24, 2.45) is 0 Å². The number of aryl methyl sites for hydroxylation is 2. The molecule has 1 N–H and O–H groups in total. The topological polar surface area (TPSA) is 24.9 Å². The molecule has 0 spiro atoms. The Morgan fingerprint density at radius 3 is 2.68 bits per heavy atom. The predicted molar refractivity (Wildman–Crippen MR) is 82.8 cm³/mol. The van der Waals surface area contributed by atoms with Gasteiger partial charge in [-0.1, -0.05) is 31.2 Å². The summed E-state index contributed by atoms with van der Waals surface area (Å²) in [5, 5.41) is 7.00. The molecule has 1 aromatic heterocycles. The van der Waals surface area contributed by atoms with E-state index >= 15 is 0 Å². The van der Waals surface area contributed by atoms with Crippen molar-refractivity contribution in [1.29, 1.82) is 0 Å². The molecule has 1 aromatic carbocycles. The van der Waals surface area contributed by atoms with Gasteiger partial charge in [-0.15, -0.1) is 11.3 Å². The highest BCUT2D eigenvalue weighted by atomic mass is 32.1. The van der Waals surface area contributed by atoms with Gasteiger partial charge in [-0.2, -0.15) is 0 Å². The molecule has 2 rings (SSSR count). The highest BCUT2D eigenvalue weighted by Crippen LogP contribution is 2.23. The first-order valence-corrected chi connectivity index (χ1v) is 7.78. The number of nitrogens with zero attached hydrogens (tertiary/aromatic N) is 1. The Hall–Kier alpha value is -1.19. The SMILES string of the molecule is CCCNC(Cc1nc(C)cs1)c1ccccc1C. The van der Waals surface area contributed by atoms with Crippen molar-refractivity contribution in [3.63, 3.8) is 0 Å². The van der Waals surface area contributed by atoms with Crippen LogP contribution in [0.15, 0.2) is 29.6 Å². The van der Waals surface area contributed by atoms with E-state index in [2.05, 4.69) is 60.7 Å². The molecule has 0 aliphatic carbocycles. The number of rotatable bonds is 6. The minimum Gasteiger partial charge on any atom is -0.310 e. The van der Waals surface area contributed by atoms with Gasteiger partial charge in [0.05, 0.1) is 5.01 Å². The summed E-state index contributed by atoms with van der Waals surface area (Å²) < 4.78 is 0. The van der Waals surface area contributed by atoms with Gasteiger partial charge < -0.3 is 5.32 Å². The molecule has 3 heteroatoms. The fourth-order valence-electron chi connectivity index (χ4n) is 2.26. The third-order valence-electron chi connectivity index (χ3n) is 3.25. The van der Waals surface area contributed by atoms with E-state index in [1.54, 1.807) is 11.3 Å². The second-order valence-corrected chi connectivity index (χ2v) is 5.89. The summed E-state index contributed by atoms with van der Waals surface area (Å²) in [6.45, 7) is 7.49. The molecule has 0 aliphatic heterocycles. The number of thiazole rings is 1. The largest absolute Gasteiger partial charge is 0.310 e. The second kappa shape index (κ2) is 6.83. The molecule has 0 saturated heterocycles. The van der Waals surface area contributed by atoms with Gasteiger partial charge in [-0.3, -0.25) is 0 Å². The molecule has 0 bridgehead atoms. The number of hydrogen-bond acceptors (Lipinski definition) is 3. The maximum Gasteiger partial charge on any atom is 0.0947 e. The highest BCUT2D eigenvalue weighted by molar-refractivity contribution is 7.09. The summed E-state index contributed by atoms with van der Waals surface area (Å²) >= 11 is 1.76. The molecule has 2 aromatic rings. The molecule has 102 valence electrons. The summed E-state index contributed by atoms with van der Waals surface area (Å²) in [6, 6.07) is 9.00. The smallest absolute Gasteiger partial charge is 0.0947 e. The highest BCUT2D eigenvalue weighted by Gasteiger charge is 2.15. The van der Waals surface area contributed by atoms with Gasteiger partial charge in [-0.05, 0) is 37.9 Å². The number of nitrogens with one attached hydrogen (secondary N) is 1. The summed E-state index contributed by atoms with van der Waals surface area (Å²) in [4.78, 5) is 4.59. The van der Waals surface area contributed by atoms with Gasteiger partial charge in [0.15, 0.2) is 0 Å². The number of aromatic nitrogens is 1. The second-order valence-electron chi connectivity index (χ2n) is 4.95. The van der Waals surface area contributed by atoms with Crippen LogP contribution in [-0.2, 0) is 6.42 Å². The van der Waals surface area contributed by atoms with E-state index in [9.17, 15) is 0 Å². The Morgan fingerprint density at radius 1 is 1.26 bits per heavy atom. The van der Waals surface area contributed by atoms with E-state index in [0.717, 1.165) is 25.1 Å². The van der Waals surface area contributed by atoms with Crippen LogP contribution in [0.2, 0.25) is 0 Å². The summed E-state index contributed by atoms with van der Waals surface area (Å²) in [5.74, 6) is 0. The summed E-state index contributed by atoms with van der Waals surface area (Å²) in [7, 11) is 0. The van der Waals surface area contributed by atoms with E-state index in [1.807, 2.05) is 0 Å². The Labute approximate surface area is 119 Å². The summed E-state index contributed by atoms with van der Waals surface area (Å²) in [5.41, 5.74) is 3.87. The van der Waals surface area contributed by atoms with Crippen LogP contribution in [0.4, 0.5) is 0 Å². The molecule has 0 aliphatic rings. The average molecular weight is 274 g/mol. The molecular weight excluding hydrogens is 252 g/mol. The lowest BCUT2D eigenvalue weighted by molar-refractivity contribution is 0.526. The third-order valence-corrected chi connectivity index (χ3v) is 4.24. The van der Waals surface area contributed by atoms with Gasteiger partial charge in [0.2, 0.25) is 0 Å². The Morgan fingerprint density at radius 2 is 2.05 bits per heavy atom. The molecule has 2 nitrogen and oxygen atoms in total. The molecule has 0 fully saturated rings. The van der Waals surface area contributed by atoms with Crippen LogP contribution in [0.3, 0.4) is 0 Å².